The minimum atomic E-state index is -4.53. The van der Waals surface area contributed by atoms with Crippen molar-refractivity contribution in [2.24, 2.45) is 0 Å². The van der Waals surface area contributed by atoms with Gasteiger partial charge in [0.15, 0.2) is 0 Å². The molecular weight excluding hydrogens is 360 g/mol. The minimum Gasteiger partial charge on any atom is -0.294 e. The number of hydrogen-bond donors (Lipinski definition) is 0. The van der Waals surface area contributed by atoms with E-state index in [1.54, 1.807) is 0 Å². The van der Waals surface area contributed by atoms with Crippen LogP contribution in [0.1, 0.15) is 11.1 Å². The third kappa shape index (κ3) is 3.21. The zero-order chi connectivity index (χ0) is 14.9. The summed E-state index contributed by atoms with van der Waals surface area (Å²) in [6.45, 7) is -0.0223. The van der Waals surface area contributed by atoms with Crippen molar-refractivity contribution in [1.29, 1.82) is 0 Å². The normalized spacial score (nSPS) is 11.7. The Bertz CT molecular complexity index is 700. The van der Waals surface area contributed by atoms with E-state index in [0.29, 0.717) is 5.56 Å². The lowest BCUT2D eigenvalue weighted by atomic mass is 10.1. The van der Waals surface area contributed by atoms with Crippen LogP contribution in [0.5, 0.6) is 0 Å². The number of aromatic nitrogens is 2. The van der Waals surface area contributed by atoms with Crippen molar-refractivity contribution in [2.75, 3.05) is 0 Å². The zero-order valence-corrected chi connectivity index (χ0v) is 12.1. The standard InChI is InChI=1S/C12H7BrClF3N2O/c13-9-4-18-6-19(11(9)20)5-7-1-2-10(14)8(3-7)12(15,16)17/h1-4,6H,5H2. The van der Waals surface area contributed by atoms with Crippen molar-refractivity contribution in [1.82, 2.24) is 9.55 Å². The Morgan fingerprint density at radius 1 is 1.35 bits per heavy atom. The summed E-state index contributed by atoms with van der Waals surface area (Å²) in [4.78, 5) is 15.5. The SMILES string of the molecule is O=c1c(Br)cncn1Cc1ccc(Cl)c(C(F)(F)F)c1. The molecule has 0 fully saturated rings. The van der Waals surface area contributed by atoms with E-state index in [0.717, 1.165) is 12.1 Å². The molecule has 1 heterocycles. The average molecular weight is 368 g/mol. The van der Waals surface area contributed by atoms with Crippen LogP contribution < -0.4 is 5.56 Å². The molecule has 0 bridgehead atoms. The predicted molar refractivity (Wildman–Crippen MR) is 71.8 cm³/mol. The number of alkyl halides is 3. The van der Waals surface area contributed by atoms with Gasteiger partial charge in [0.1, 0.15) is 4.47 Å². The summed E-state index contributed by atoms with van der Waals surface area (Å²) in [5, 5.41) is -0.374. The van der Waals surface area contributed by atoms with E-state index >= 15 is 0 Å². The maximum Gasteiger partial charge on any atom is 0.417 e. The van der Waals surface area contributed by atoms with Gasteiger partial charge in [-0.2, -0.15) is 13.2 Å². The second-order valence-electron chi connectivity index (χ2n) is 3.99. The summed E-state index contributed by atoms with van der Waals surface area (Å²) < 4.78 is 39.7. The van der Waals surface area contributed by atoms with Crippen molar-refractivity contribution < 1.29 is 13.2 Å². The van der Waals surface area contributed by atoms with E-state index in [1.165, 1.54) is 23.2 Å². The number of hydrogen-bond acceptors (Lipinski definition) is 2. The molecule has 0 atom stereocenters. The summed E-state index contributed by atoms with van der Waals surface area (Å²) >= 11 is 8.55. The lowest BCUT2D eigenvalue weighted by Crippen LogP contribution is -2.21. The number of nitrogens with zero attached hydrogens (tertiary/aromatic N) is 2. The first-order valence-electron chi connectivity index (χ1n) is 5.34. The number of benzene rings is 1. The first-order chi connectivity index (χ1) is 9.29. The van der Waals surface area contributed by atoms with Crippen LogP contribution in [0.2, 0.25) is 5.02 Å². The first-order valence-corrected chi connectivity index (χ1v) is 6.51. The fraction of sp³-hybridized carbons (Fsp3) is 0.167. The van der Waals surface area contributed by atoms with E-state index in [-0.39, 0.29) is 21.6 Å². The zero-order valence-electron chi connectivity index (χ0n) is 9.79. The van der Waals surface area contributed by atoms with Crippen molar-refractivity contribution in [2.45, 2.75) is 12.7 Å². The fourth-order valence-electron chi connectivity index (χ4n) is 1.62. The van der Waals surface area contributed by atoms with Gasteiger partial charge in [-0.15, -0.1) is 0 Å². The maximum absolute atomic E-state index is 12.7. The van der Waals surface area contributed by atoms with Crippen LogP contribution in [0.25, 0.3) is 0 Å². The Balaban J connectivity index is 2.40. The van der Waals surface area contributed by atoms with Crippen molar-refractivity contribution in [3.63, 3.8) is 0 Å². The highest BCUT2D eigenvalue weighted by Crippen LogP contribution is 2.35. The second-order valence-corrected chi connectivity index (χ2v) is 5.25. The average Bonchev–Trinajstić information content (AvgIpc) is 2.36. The van der Waals surface area contributed by atoms with Crippen LogP contribution in [0.15, 0.2) is 40.0 Å². The summed E-state index contributed by atoms with van der Waals surface area (Å²) in [6.07, 6.45) is -1.95. The predicted octanol–water partition coefficient (Wildman–Crippen LogP) is 3.73. The van der Waals surface area contributed by atoms with Crippen LogP contribution in [-0.2, 0) is 12.7 Å². The third-order valence-corrected chi connectivity index (χ3v) is 3.42. The molecule has 0 spiro atoms. The van der Waals surface area contributed by atoms with Gasteiger partial charge in [0.25, 0.3) is 5.56 Å². The topological polar surface area (TPSA) is 34.9 Å². The van der Waals surface area contributed by atoms with E-state index in [4.69, 9.17) is 11.6 Å². The highest BCUT2D eigenvalue weighted by atomic mass is 79.9. The van der Waals surface area contributed by atoms with Crippen LogP contribution >= 0.6 is 27.5 Å². The van der Waals surface area contributed by atoms with Crippen LogP contribution in [0.4, 0.5) is 13.2 Å². The molecule has 0 aliphatic rings. The molecule has 0 amide bonds. The number of halogens is 5. The van der Waals surface area contributed by atoms with E-state index in [1.807, 2.05) is 0 Å². The Hall–Kier alpha value is -1.34. The smallest absolute Gasteiger partial charge is 0.294 e. The molecule has 8 heteroatoms. The molecule has 0 N–H and O–H groups in total. The third-order valence-electron chi connectivity index (χ3n) is 2.55. The molecule has 3 nitrogen and oxygen atoms in total. The van der Waals surface area contributed by atoms with Crippen LogP contribution in [0.3, 0.4) is 0 Å². The van der Waals surface area contributed by atoms with Crippen molar-refractivity contribution in [3.8, 4) is 0 Å². The maximum atomic E-state index is 12.7. The molecule has 2 rings (SSSR count). The molecule has 0 saturated carbocycles. The quantitative estimate of drug-likeness (QED) is 0.811. The van der Waals surface area contributed by atoms with Crippen molar-refractivity contribution in [3.05, 3.63) is 61.7 Å². The van der Waals surface area contributed by atoms with Gasteiger partial charge in [0.05, 0.1) is 23.5 Å². The minimum absolute atomic E-state index is 0.0223. The van der Waals surface area contributed by atoms with E-state index in [9.17, 15) is 18.0 Å². The molecule has 2 aromatic rings. The van der Waals surface area contributed by atoms with Gasteiger partial charge in [-0.1, -0.05) is 17.7 Å². The highest BCUT2D eigenvalue weighted by molar-refractivity contribution is 9.10. The van der Waals surface area contributed by atoms with Crippen LogP contribution in [0, 0.1) is 0 Å². The Morgan fingerprint density at radius 2 is 2.05 bits per heavy atom. The molecule has 20 heavy (non-hydrogen) atoms. The molecule has 1 aromatic heterocycles. The fourth-order valence-corrected chi connectivity index (χ4v) is 2.19. The largest absolute Gasteiger partial charge is 0.417 e. The molecule has 0 radical (unpaired) electrons. The first kappa shape index (κ1) is 15.1. The second kappa shape index (κ2) is 5.57. The van der Waals surface area contributed by atoms with Gasteiger partial charge in [0.2, 0.25) is 0 Å². The summed E-state index contributed by atoms with van der Waals surface area (Å²) in [5.74, 6) is 0. The molecule has 0 unspecified atom stereocenters. The van der Waals surface area contributed by atoms with Crippen molar-refractivity contribution >= 4 is 27.5 Å². The summed E-state index contributed by atoms with van der Waals surface area (Å²) in [7, 11) is 0. The molecule has 0 aliphatic carbocycles. The molecule has 0 aliphatic heterocycles. The Morgan fingerprint density at radius 3 is 2.70 bits per heavy atom. The monoisotopic (exact) mass is 366 g/mol. The Labute approximate surface area is 125 Å². The van der Waals surface area contributed by atoms with Gasteiger partial charge in [-0.25, -0.2) is 4.98 Å². The molecular formula is C12H7BrClF3N2O. The van der Waals surface area contributed by atoms with Gasteiger partial charge in [-0.05, 0) is 33.6 Å². The molecule has 106 valence electrons. The van der Waals surface area contributed by atoms with Gasteiger partial charge >= 0.3 is 6.18 Å². The summed E-state index contributed by atoms with van der Waals surface area (Å²) in [6, 6.07) is 3.52. The highest BCUT2D eigenvalue weighted by Gasteiger charge is 2.33. The lowest BCUT2D eigenvalue weighted by molar-refractivity contribution is -0.137. The lowest BCUT2D eigenvalue weighted by Gasteiger charge is -2.11. The van der Waals surface area contributed by atoms with Crippen LogP contribution in [-0.4, -0.2) is 9.55 Å². The Kier molecular flexibility index (Phi) is 4.19. The summed E-state index contributed by atoms with van der Waals surface area (Å²) in [5.41, 5.74) is -0.986. The van der Waals surface area contributed by atoms with Gasteiger partial charge < -0.3 is 0 Å². The van der Waals surface area contributed by atoms with E-state index in [2.05, 4.69) is 20.9 Å². The molecule has 0 saturated heterocycles. The van der Waals surface area contributed by atoms with Gasteiger partial charge in [0, 0.05) is 6.20 Å². The molecule has 1 aromatic carbocycles. The number of rotatable bonds is 2. The van der Waals surface area contributed by atoms with Gasteiger partial charge in [-0.3, -0.25) is 9.36 Å². The van der Waals surface area contributed by atoms with E-state index < -0.39 is 11.7 Å².